The predicted molar refractivity (Wildman–Crippen MR) is 119 cm³/mol. The minimum absolute atomic E-state index is 0.0402. The van der Waals surface area contributed by atoms with Crippen molar-refractivity contribution >= 4 is 29.2 Å². The lowest BCUT2D eigenvalue weighted by molar-refractivity contribution is -0.384. The molecule has 0 fully saturated rings. The van der Waals surface area contributed by atoms with Crippen molar-refractivity contribution in [2.45, 2.75) is 51.9 Å². The Morgan fingerprint density at radius 2 is 1.76 bits per heavy atom. The van der Waals surface area contributed by atoms with Crippen LogP contribution in [0.15, 0.2) is 47.6 Å². The monoisotopic (exact) mass is 417 g/mol. The molecule has 29 heavy (non-hydrogen) atoms. The first-order chi connectivity index (χ1) is 14.1. The highest BCUT2D eigenvalue weighted by molar-refractivity contribution is 6.32. The van der Waals surface area contributed by atoms with Crippen LogP contribution in [0.25, 0.3) is 0 Å². The summed E-state index contributed by atoms with van der Waals surface area (Å²) in [7, 11) is 0. The Morgan fingerprint density at radius 1 is 1.07 bits per heavy atom. The summed E-state index contributed by atoms with van der Waals surface area (Å²) >= 11 is 6.30. The SMILES string of the molecule is CCCCCCCCCOc1ccc(/C=N/Nc2ccc([N+](=O)[O-])cc2)cc1Cl. The molecule has 0 heterocycles. The molecule has 0 amide bonds. The molecule has 6 nitrogen and oxygen atoms in total. The molecule has 0 atom stereocenters. The van der Waals surface area contributed by atoms with E-state index in [4.69, 9.17) is 16.3 Å². The summed E-state index contributed by atoms with van der Waals surface area (Å²) < 4.78 is 5.78. The van der Waals surface area contributed by atoms with Crippen LogP contribution in [0, 0.1) is 10.1 Å². The lowest BCUT2D eigenvalue weighted by Gasteiger charge is -2.08. The van der Waals surface area contributed by atoms with E-state index in [-0.39, 0.29) is 5.69 Å². The summed E-state index contributed by atoms with van der Waals surface area (Å²) in [6.45, 7) is 2.90. The average Bonchev–Trinajstić information content (AvgIpc) is 2.71. The van der Waals surface area contributed by atoms with Crippen LogP contribution in [0.4, 0.5) is 11.4 Å². The number of nitrogens with one attached hydrogen (secondary N) is 1. The van der Waals surface area contributed by atoms with Crippen LogP contribution in [0.1, 0.15) is 57.4 Å². The largest absolute Gasteiger partial charge is 0.492 e. The van der Waals surface area contributed by atoms with Gasteiger partial charge in [0.1, 0.15) is 5.75 Å². The zero-order chi connectivity index (χ0) is 20.9. The van der Waals surface area contributed by atoms with Gasteiger partial charge in [0.2, 0.25) is 0 Å². The number of halogens is 1. The Balaban J connectivity index is 1.74. The second-order valence-electron chi connectivity index (χ2n) is 6.83. The third kappa shape index (κ3) is 8.52. The molecule has 0 aliphatic rings. The molecule has 7 heteroatoms. The predicted octanol–water partition coefficient (Wildman–Crippen LogP) is 6.82. The first-order valence-electron chi connectivity index (χ1n) is 10.1. The lowest BCUT2D eigenvalue weighted by atomic mass is 10.1. The van der Waals surface area contributed by atoms with Crippen LogP contribution in [-0.4, -0.2) is 17.7 Å². The number of anilines is 1. The van der Waals surface area contributed by atoms with Gasteiger partial charge in [-0.2, -0.15) is 5.10 Å². The topological polar surface area (TPSA) is 76.8 Å². The van der Waals surface area contributed by atoms with Gasteiger partial charge in [0.15, 0.2) is 0 Å². The summed E-state index contributed by atoms with van der Waals surface area (Å²) in [6.07, 6.45) is 10.3. The van der Waals surface area contributed by atoms with E-state index in [1.54, 1.807) is 24.4 Å². The average molecular weight is 418 g/mol. The zero-order valence-corrected chi connectivity index (χ0v) is 17.5. The normalized spacial score (nSPS) is 11.0. The van der Waals surface area contributed by atoms with Crippen LogP contribution in [0.3, 0.4) is 0 Å². The highest BCUT2D eigenvalue weighted by atomic mass is 35.5. The van der Waals surface area contributed by atoms with Crippen molar-refractivity contribution < 1.29 is 9.66 Å². The molecule has 2 aromatic carbocycles. The number of ether oxygens (including phenoxy) is 1. The van der Waals surface area contributed by atoms with E-state index in [1.165, 1.54) is 50.7 Å². The number of hydrazone groups is 1. The molecule has 0 radical (unpaired) electrons. The first kappa shape index (κ1) is 22.7. The molecule has 0 aliphatic carbocycles. The Hall–Kier alpha value is -2.60. The fourth-order valence-electron chi connectivity index (χ4n) is 2.79. The summed E-state index contributed by atoms with van der Waals surface area (Å²) in [6, 6.07) is 11.6. The molecule has 0 bridgehead atoms. The van der Waals surface area contributed by atoms with Gasteiger partial charge < -0.3 is 4.74 Å². The van der Waals surface area contributed by atoms with Gasteiger partial charge >= 0.3 is 0 Å². The van der Waals surface area contributed by atoms with Gasteiger partial charge in [-0.1, -0.05) is 57.0 Å². The molecule has 0 saturated heterocycles. The smallest absolute Gasteiger partial charge is 0.269 e. The van der Waals surface area contributed by atoms with Crippen molar-refractivity contribution in [1.82, 2.24) is 0 Å². The molecular weight excluding hydrogens is 390 g/mol. The van der Waals surface area contributed by atoms with Crippen molar-refractivity contribution in [3.05, 3.63) is 63.2 Å². The number of nitrogens with zero attached hydrogens (tertiary/aromatic N) is 2. The van der Waals surface area contributed by atoms with E-state index < -0.39 is 4.92 Å². The number of nitro groups is 1. The minimum Gasteiger partial charge on any atom is -0.492 e. The summed E-state index contributed by atoms with van der Waals surface area (Å²) in [5.41, 5.74) is 4.36. The molecule has 0 spiro atoms. The van der Waals surface area contributed by atoms with Crippen LogP contribution in [0.2, 0.25) is 5.02 Å². The van der Waals surface area contributed by atoms with E-state index in [0.717, 1.165) is 12.0 Å². The molecule has 0 saturated carbocycles. The Bertz CT molecular complexity index is 794. The molecule has 156 valence electrons. The van der Waals surface area contributed by atoms with Gasteiger partial charge in [-0.25, -0.2) is 0 Å². The number of unbranched alkanes of at least 4 members (excludes halogenated alkanes) is 6. The van der Waals surface area contributed by atoms with Gasteiger partial charge in [0.25, 0.3) is 5.69 Å². The second kappa shape index (κ2) is 12.8. The molecule has 1 N–H and O–H groups in total. The molecule has 0 aliphatic heterocycles. The first-order valence-corrected chi connectivity index (χ1v) is 10.4. The van der Waals surface area contributed by atoms with E-state index in [2.05, 4.69) is 17.5 Å². The summed E-state index contributed by atoms with van der Waals surface area (Å²) in [5.74, 6) is 0.679. The fourth-order valence-corrected chi connectivity index (χ4v) is 3.04. The summed E-state index contributed by atoms with van der Waals surface area (Å²) in [5, 5.41) is 15.3. The Morgan fingerprint density at radius 3 is 2.41 bits per heavy atom. The van der Waals surface area contributed by atoms with E-state index in [9.17, 15) is 10.1 Å². The number of rotatable bonds is 13. The molecule has 2 rings (SSSR count). The number of benzene rings is 2. The van der Waals surface area contributed by atoms with Crippen molar-refractivity contribution in [3.8, 4) is 5.75 Å². The van der Waals surface area contributed by atoms with E-state index >= 15 is 0 Å². The zero-order valence-electron chi connectivity index (χ0n) is 16.8. The third-order valence-corrected chi connectivity index (χ3v) is 4.74. The highest BCUT2D eigenvalue weighted by Crippen LogP contribution is 2.25. The van der Waals surface area contributed by atoms with Gasteiger partial charge in [-0.15, -0.1) is 0 Å². The van der Waals surface area contributed by atoms with Crippen LogP contribution in [0.5, 0.6) is 5.75 Å². The van der Waals surface area contributed by atoms with Gasteiger partial charge in [-0.05, 0) is 42.3 Å². The van der Waals surface area contributed by atoms with E-state index in [0.29, 0.717) is 23.1 Å². The Labute approximate surface area is 177 Å². The maximum absolute atomic E-state index is 10.7. The third-order valence-electron chi connectivity index (χ3n) is 4.45. The van der Waals surface area contributed by atoms with Crippen LogP contribution in [-0.2, 0) is 0 Å². The van der Waals surface area contributed by atoms with Crippen LogP contribution < -0.4 is 10.2 Å². The van der Waals surface area contributed by atoms with Gasteiger partial charge in [-0.3, -0.25) is 15.5 Å². The Kier molecular flexibility index (Phi) is 10.00. The maximum atomic E-state index is 10.7. The minimum atomic E-state index is -0.438. The standard InChI is InChI=1S/C22H28ClN3O3/c1-2-3-4-5-6-7-8-15-29-22-14-9-18(16-21(22)23)17-24-25-19-10-12-20(13-11-19)26(27)28/h9-14,16-17,25H,2-8,15H2,1H3/b24-17+. The number of non-ortho nitro benzene ring substituents is 1. The van der Waals surface area contributed by atoms with Crippen molar-refractivity contribution in [2.24, 2.45) is 5.10 Å². The fraction of sp³-hybridized carbons (Fsp3) is 0.409. The van der Waals surface area contributed by atoms with Crippen molar-refractivity contribution in [2.75, 3.05) is 12.0 Å². The lowest BCUT2D eigenvalue weighted by Crippen LogP contribution is -1.98. The molecular formula is C22H28ClN3O3. The second-order valence-corrected chi connectivity index (χ2v) is 7.24. The molecule has 0 unspecified atom stereocenters. The molecule has 2 aromatic rings. The number of hydrogen-bond donors (Lipinski definition) is 1. The van der Waals surface area contributed by atoms with Crippen molar-refractivity contribution in [1.29, 1.82) is 0 Å². The maximum Gasteiger partial charge on any atom is 0.269 e. The quantitative estimate of drug-likeness (QED) is 0.168. The summed E-state index contributed by atoms with van der Waals surface area (Å²) in [4.78, 5) is 10.2. The van der Waals surface area contributed by atoms with Gasteiger partial charge in [0.05, 0.1) is 28.5 Å². The van der Waals surface area contributed by atoms with E-state index in [1.807, 2.05) is 12.1 Å². The number of nitro benzene ring substituents is 1. The highest BCUT2D eigenvalue weighted by Gasteiger charge is 2.04. The van der Waals surface area contributed by atoms with Crippen LogP contribution >= 0.6 is 11.6 Å². The number of hydrogen-bond acceptors (Lipinski definition) is 5. The molecule has 0 aromatic heterocycles. The van der Waals surface area contributed by atoms with Gasteiger partial charge in [0, 0.05) is 12.1 Å². The van der Waals surface area contributed by atoms with Crippen molar-refractivity contribution in [3.63, 3.8) is 0 Å².